The van der Waals surface area contributed by atoms with Crippen LogP contribution < -0.4 is 4.74 Å². The zero-order valence-corrected chi connectivity index (χ0v) is 19.4. The lowest BCUT2D eigenvalue weighted by Gasteiger charge is -2.34. The normalized spacial score (nSPS) is 14.7. The van der Waals surface area contributed by atoms with Gasteiger partial charge in [0.1, 0.15) is 12.4 Å². The Kier molecular flexibility index (Phi) is 6.87. The van der Waals surface area contributed by atoms with E-state index in [1.54, 1.807) is 0 Å². The van der Waals surface area contributed by atoms with E-state index in [0.29, 0.717) is 6.61 Å². The molecule has 30 heavy (non-hydrogen) atoms. The van der Waals surface area contributed by atoms with Crippen molar-refractivity contribution in [3.05, 3.63) is 86.0 Å². The molecule has 4 nitrogen and oxygen atoms in total. The number of hydrogen-bond donors (Lipinski definition) is 0. The number of ether oxygens (including phenoxy) is 1. The molecule has 1 amide bonds. The molecule has 4 rings (SSSR count). The largest absolute Gasteiger partial charge is 0.489 e. The molecule has 1 saturated heterocycles. The third-order valence-electron chi connectivity index (χ3n) is 5.31. The number of rotatable bonds is 6. The zero-order chi connectivity index (χ0) is 20.9. The summed E-state index contributed by atoms with van der Waals surface area (Å²) in [6.45, 7) is 6.75. The van der Waals surface area contributed by atoms with E-state index < -0.39 is 0 Å². The van der Waals surface area contributed by atoms with E-state index in [1.165, 1.54) is 16.9 Å². The molecule has 0 spiro atoms. The first-order valence-corrected chi connectivity index (χ1v) is 11.8. The summed E-state index contributed by atoms with van der Waals surface area (Å²) < 4.78 is 7.02. The number of carbonyl (C=O) groups excluding carboxylic acids is 1. The summed E-state index contributed by atoms with van der Waals surface area (Å²) in [4.78, 5) is 18.1. The zero-order valence-electron chi connectivity index (χ0n) is 17.0. The maximum absolute atomic E-state index is 12.9. The van der Waals surface area contributed by atoms with Gasteiger partial charge in [-0.15, -0.1) is 11.3 Å². The highest BCUT2D eigenvalue weighted by atomic mass is 79.9. The molecule has 0 N–H and O–H groups in total. The van der Waals surface area contributed by atoms with Crippen LogP contribution in [0.1, 0.15) is 26.4 Å². The second kappa shape index (κ2) is 9.77. The van der Waals surface area contributed by atoms with Gasteiger partial charge >= 0.3 is 0 Å². The summed E-state index contributed by atoms with van der Waals surface area (Å²) >= 11 is 5.04. The minimum Gasteiger partial charge on any atom is -0.489 e. The number of amides is 1. The molecule has 0 saturated carbocycles. The Morgan fingerprint density at radius 1 is 1.03 bits per heavy atom. The second-order valence-corrected chi connectivity index (χ2v) is 9.40. The Hall–Kier alpha value is -2.15. The van der Waals surface area contributed by atoms with Crippen molar-refractivity contribution in [2.75, 3.05) is 26.2 Å². The highest BCUT2D eigenvalue weighted by Gasteiger charge is 2.23. The number of aryl methyl sites for hydroxylation is 1. The molecule has 1 aliphatic heterocycles. The molecule has 2 heterocycles. The second-order valence-electron chi connectivity index (χ2n) is 7.57. The molecule has 1 aromatic heterocycles. The van der Waals surface area contributed by atoms with Crippen molar-refractivity contribution >= 4 is 33.2 Å². The van der Waals surface area contributed by atoms with E-state index in [4.69, 9.17) is 4.74 Å². The lowest BCUT2D eigenvalue weighted by Crippen LogP contribution is -2.48. The van der Waals surface area contributed by atoms with Gasteiger partial charge in [0.25, 0.3) is 5.91 Å². The quantitative estimate of drug-likeness (QED) is 0.472. The first kappa shape index (κ1) is 21.1. The van der Waals surface area contributed by atoms with Crippen LogP contribution in [0.5, 0.6) is 5.75 Å². The highest BCUT2D eigenvalue weighted by Crippen LogP contribution is 2.22. The van der Waals surface area contributed by atoms with Gasteiger partial charge in [0.05, 0.1) is 4.88 Å². The smallest absolute Gasteiger partial charge is 0.264 e. The van der Waals surface area contributed by atoms with Gasteiger partial charge in [-0.1, -0.05) is 46.3 Å². The molecule has 2 aromatic carbocycles. The van der Waals surface area contributed by atoms with E-state index in [0.717, 1.165) is 59.0 Å². The van der Waals surface area contributed by atoms with Crippen LogP contribution in [0.4, 0.5) is 0 Å². The third kappa shape index (κ3) is 5.31. The fourth-order valence-electron chi connectivity index (χ4n) is 3.60. The van der Waals surface area contributed by atoms with Crippen LogP contribution in [-0.2, 0) is 13.2 Å². The molecule has 1 aliphatic rings. The van der Waals surface area contributed by atoms with Gasteiger partial charge in [0.2, 0.25) is 0 Å². The molecule has 0 radical (unpaired) electrons. The summed E-state index contributed by atoms with van der Waals surface area (Å²) in [6.07, 6.45) is 0. The van der Waals surface area contributed by atoms with Gasteiger partial charge in [-0.2, -0.15) is 0 Å². The molecule has 156 valence electrons. The first-order chi connectivity index (χ1) is 14.6. The number of thiophene rings is 1. The number of benzene rings is 2. The van der Waals surface area contributed by atoms with Crippen molar-refractivity contribution in [1.29, 1.82) is 0 Å². The van der Waals surface area contributed by atoms with Crippen molar-refractivity contribution in [2.45, 2.75) is 20.1 Å². The van der Waals surface area contributed by atoms with Crippen LogP contribution in [-0.4, -0.2) is 41.9 Å². The van der Waals surface area contributed by atoms with Gasteiger partial charge in [-0.25, -0.2) is 0 Å². The van der Waals surface area contributed by atoms with Crippen molar-refractivity contribution in [1.82, 2.24) is 9.80 Å². The van der Waals surface area contributed by atoms with E-state index >= 15 is 0 Å². The lowest BCUT2D eigenvalue weighted by atomic mass is 10.2. The van der Waals surface area contributed by atoms with Crippen molar-refractivity contribution in [3.63, 3.8) is 0 Å². The van der Waals surface area contributed by atoms with E-state index in [-0.39, 0.29) is 5.91 Å². The maximum Gasteiger partial charge on any atom is 0.264 e. The van der Waals surface area contributed by atoms with Gasteiger partial charge in [-0.05, 0) is 47.7 Å². The number of carbonyl (C=O) groups is 1. The fraction of sp³-hybridized carbons (Fsp3) is 0.292. The maximum atomic E-state index is 12.9. The topological polar surface area (TPSA) is 32.8 Å². The molecule has 3 aromatic rings. The van der Waals surface area contributed by atoms with Gasteiger partial charge in [-0.3, -0.25) is 9.69 Å². The van der Waals surface area contributed by atoms with Crippen molar-refractivity contribution in [3.8, 4) is 5.75 Å². The Labute approximate surface area is 190 Å². The Morgan fingerprint density at radius 3 is 2.60 bits per heavy atom. The van der Waals surface area contributed by atoms with Crippen molar-refractivity contribution in [2.24, 2.45) is 0 Å². The molecular weight excluding hydrogens is 460 g/mol. The predicted octanol–water partition coefficient (Wildman–Crippen LogP) is 5.36. The van der Waals surface area contributed by atoms with E-state index in [9.17, 15) is 4.79 Å². The van der Waals surface area contributed by atoms with Crippen molar-refractivity contribution < 1.29 is 9.53 Å². The third-order valence-corrected chi connectivity index (χ3v) is 6.77. The summed E-state index contributed by atoms with van der Waals surface area (Å²) in [6, 6.07) is 18.4. The van der Waals surface area contributed by atoms with E-state index in [2.05, 4.69) is 39.0 Å². The SMILES string of the molecule is Cc1ccccc1OCc1csc(C(=O)N2CCN(Cc3cccc(Br)c3)CC2)c1. The lowest BCUT2D eigenvalue weighted by molar-refractivity contribution is 0.0633. The number of nitrogens with zero attached hydrogens (tertiary/aromatic N) is 2. The number of halogens is 1. The Morgan fingerprint density at radius 2 is 1.83 bits per heavy atom. The summed E-state index contributed by atoms with van der Waals surface area (Å²) in [7, 11) is 0. The summed E-state index contributed by atoms with van der Waals surface area (Å²) in [5.74, 6) is 1.02. The highest BCUT2D eigenvalue weighted by molar-refractivity contribution is 9.10. The van der Waals surface area contributed by atoms with Crippen LogP contribution >= 0.6 is 27.3 Å². The summed E-state index contributed by atoms with van der Waals surface area (Å²) in [5.41, 5.74) is 3.45. The minimum absolute atomic E-state index is 0.129. The van der Waals surface area contributed by atoms with Crippen LogP contribution in [0, 0.1) is 6.92 Å². The summed E-state index contributed by atoms with van der Waals surface area (Å²) in [5, 5.41) is 2.02. The van der Waals surface area contributed by atoms with Crippen LogP contribution in [0.25, 0.3) is 0 Å². The molecule has 0 bridgehead atoms. The predicted molar refractivity (Wildman–Crippen MR) is 125 cm³/mol. The molecule has 0 atom stereocenters. The minimum atomic E-state index is 0.129. The molecular formula is C24H25BrN2O2S. The Balaban J connectivity index is 1.29. The number of piperazine rings is 1. The monoisotopic (exact) mass is 484 g/mol. The first-order valence-electron chi connectivity index (χ1n) is 10.1. The number of para-hydroxylation sites is 1. The average Bonchev–Trinajstić information content (AvgIpc) is 3.22. The Bertz CT molecular complexity index is 1010. The van der Waals surface area contributed by atoms with Crippen LogP contribution in [0.15, 0.2) is 64.5 Å². The van der Waals surface area contributed by atoms with Gasteiger partial charge in [0.15, 0.2) is 0 Å². The van der Waals surface area contributed by atoms with Gasteiger partial charge in [0, 0.05) is 42.8 Å². The molecule has 6 heteroatoms. The van der Waals surface area contributed by atoms with Crippen LogP contribution in [0.2, 0.25) is 0 Å². The molecule has 0 aliphatic carbocycles. The number of hydrogen-bond acceptors (Lipinski definition) is 4. The fourth-order valence-corrected chi connectivity index (χ4v) is 4.91. The molecule has 0 unspecified atom stereocenters. The standard InChI is InChI=1S/C24H25BrN2O2S/c1-18-5-2-3-8-22(18)29-16-20-14-23(30-17-20)24(28)27-11-9-26(10-12-27)15-19-6-4-7-21(25)13-19/h2-8,13-14,17H,9-12,15-16H2,1H3. The molecule has 1 fully saturated rings. The van der Waals surface area contributed by atoms with Crippen LogP contribution in [0.3, 0.4) is 0 Å². The average molecular weight is 485 g/mol. The van der Waals surface area contributed by atoms with Gasteiger partial charge < -0.3 is 9.64 Å². The van der Waals surface area contributed by atoms with E-state index in [1.807, 2.05) is 53.6 Å².